The number of alkyl halides is 3. The van der Waals surface area contributed by atoms with Crippen LogP contribution < -0.4 is 5.32 Å². The van der Waals surface area contributed by atoms with Gasteiger partial charge in [-0.05, 0) is 30.2 Å². The summed E-state index contributed by atoms with van der Waals surface area (Å²) in [5, 5.41) is 6.83. The number of aryl methyl sites for hydroxylation is 1. The van der Waals surface area contributed by atoms with Crippen molar-refractivity contribution < 1.29 is 22.7 Å². The minimum atomic E-state index is -4.36. The van der Waals surface area contributed by atoms with E-state index in [2.05, 4.69) is 15.2 Å². The van der Waals surface area contributed by atoms with Crippen molar-refractivity contribution in [3.63, 3.8) is 0 Å². The average molecular weight is 341 g/mol. The monoisotopic (exact) mass is 341 g/mol. The number of hydrogen-bond acceptors (Lipinski definition) is 3. The van der Waals surface area contributed by atoms with E-state index >= 15 is 0 Å². The largest absolute Gasteiger partial charge is 0.411 e. The van der Waals surface area contributed by atoms with Crippen molar-refractivity contribution in [2.75, 3.05) is 13.2 Å². The number of ether oxygens (including phenoxy) is 1. The Labute approximate surface area is 137 Å². The van der Waals surface area contributed by atoms with E-state index in [1.165, 1.54) is 6.07 Å². The minimum absolute atomic E-state index is 0.195. The first-order chi connectivity index (χ1) is 11.4. The van der Waals surface area contributed by atoms with Crippen LogP contribution in [0.15, 0.2) is 42.7 Å². The van der Waals surface area contributed by atoms with Crippen molar-refractivity contribution in [3.05, 3.63) is 53.9 Å². The first-order valence-corrected chi connectivity index (χ1v) is 7.43. The highest BCUT2D eigenvalue weighted by Crippen LogP contribution is 2.16. The lowest BCUT2D eigenvalue weighted by atomic mass is 10.1. The Balaban J connectivity index is 1.76. The molecule has 1 aromatic heterocycles. The van der Waals surface area contributed by atoms with E-state index in [-0.39, 0.29) is 12.5 Å². The van der Waals surface area contributed by atoms with E-state index in [9.17, 15) is 18.0 Å². The summed E-state index contributed by atoms with van der Waals surface area (Å²) < 4.78 is 42.5. The van der Waals surface area contributed by atoms with Gasteiger partial charge in [-0.2, -0.15) is 18.3 Å². The van der Waals surface area contributed by atoms with Crippen LogP contribution in [-0.4, -0.2) is 35.0 Å². The summed E-state index contributed by atoms with van der Waals surface area (Å²) in [5.74, 6) is -0.270. The van der Waals surface area contributed by atoms with Gasteiger partial charge >= 0.3 is 6.18 Å². The number of benzene rings is 1. The van der Waals surface area contributed by atoms with Gasteiger partial charge in [0.2, 0.25) is 0 Å². The number of carbonyl (C=O) groups is 1. The number of nitrogens with one attached hydrogen (secondary N) is 1. The van der Waals surface area contributed by atoms with Crippen molar-refractivity contribution >= 4 is 5.91 Å². The molecule has 0 radical (unpaired) electrons. The minimum Gasteiger partial charge on any atom is -0.367 e. The molecule has 8 heteroatoms. The topological polar surface area (TPSA) is 56.2 Å². The Morgan fingerprint density at radius 3 is 2.83 bits per heavy atom. The number of hydrogen-bond donors (Lipinski definition) is 1. The quantitative estimate of drug-likeness (QED) is 0.751. The average Bonchev–Trinajstić information content (AvgIpc) is 3.04. The summed E-state index contributed by atoms with van der Waals surface area (Å²) in [7, 11) is 0. The predicted octanol–water partition coefficient (Wildman–Crippen LogP) is 2.78. The maximum Gasteiger partial charge on any atom is 0.411 e. The second-order valence-corrected chi connectivity index (χ2v) is 5.19. The number of amides is 1. The van der Waals surface area contributed by atoms with Crippen molar-refractivity contribution in [1.29, 1.82) is 0 Å². The van der Waals surface area contributed by atoms with Crippen LogP contribution in [0.25, 0.3) is 0 Å². The van der Waals surface area contributed by atoms with Crippen LogP contribution in [0.3, 0.4) is 0 Å². The predicted molar refractivity (Wildman–Crippen MR) is 81.3 cm³/mol. The molecular formula is C16H18F3N3O2. The van der Waals surface area contributed by atoms with Crippen molar-refractivity contribution in [2.45, 2.75) is 25.7 Å². The molecule has 0 atom stereocenters. The second kappa shape index (κ2) is 8.49. The van der Waals surface area contributed by atoms with Crippen LogP contribution in [-0.2, 0) is 17.9 Å². The molecule has 24 heavy (non-hydrogen) atoms. The molecule has 2 aromatic rings. The maximum atomic E-state index is 12.0. The van der Waals surface area contributed by atoms with Crippen LogP contribution in [0.1, 0.15) is 22.3 Å². The van der Waals surface area contributed by atoms with Gasteiger partial charge in [0.15, 0.2) is 0 Å². The third kappa shape index (κ3) is 6.41. The molecule has 0 aliphatic carbocycles. The van der Waals surface area contributed by atoms with Gasteiger partial charge in [0, 0.05) is 31.0 Å². The van der Waals surface area contributed by atoms with Gasteiger partial charge in [-0.3, -0.25) is 9.48 Å². The van der Waals surface area contributed by atoms with E-state index in [1.54, 1.807) is 29.1 Å². The summed E-state index contributed by atoms with van der Waals surface area (Å²) in [5.41, 5.74) is 0.908. The fourth-order valence-electron chi connectivity index (χ4n) is 2.06. The zero-order valence-corrected chi connectivity index (χ0v) is 12.9. The molecule has 2 rings (SSSR count). The van der Waals surface area contributed by atoms with E-state index in [0.717, 1.165) is 6.42 Å². The molecule has 0 fully saturated rings. The third-order valence-corrected chi connectivity index (χ3v) is 3.13. The number of carbonyl (C=O) groups excluding carboxylic acids is 1. The maximum absolute atomic E-state index is 12.0. The van der Waals surface area contributed by atoms with E-state index in [4.69, 9.17) is 0 Å². The van der Waals surface area contributed by atoms with Crippen molar-refractivity contribution in [1.82, 2.24) is 15.1 Å². The lowest BCUT2D eigenvalue weighted by Gasteiger charge is -2.09. The molecule has 1 heterocycles. The molecule has 1 N–H and O–H groups in total. The van der Waals surface area contributed by atoms with Gasteiger partial charge in [-0.1, -0.05) is 12.1 Å². The number of halogens is 3. The van der Waals surface area contributed by atoms with Gasteiger partial charge in [-0.25, -0.2) is 0 Å². The van der Waals surface area contributed by atoms with E-state index in [1.807, 2.05) is 12.3 Å². The van der Waals surface area contributed by atoms with Gasteiger partial charge < -0.3 is 10.1 Å². The van der Waals surface area contributed by atoms with E-state index in [0.29, 0.717) is 24.2 Å². The zero-order chi connectivity index (χ0) is 17.4. The standard InChI is InChI=1S/C16H18F3N3O2/c17-16(18,19)12-24-11-13-4-1-5-14(10-13)15(23)20-6-2-8-22-9-3-7-21-22/h1,3-5,7,9-10H,2,6,8,11-12H2,(H,20,23). The molecule has 0 aliphatic rings. The first kappa shape index (κ1) is 18.0. The lowest BCUT2D eigenvalue weighted by molar-refractivity contribution is -0.176. The molecule has 0 saturated carbocycles. The number of nitrogens with zero attached hydrogens (tertiary/aromatic N) is 2. The van der Waals surface area contributed by atoms with Crippen LogP contribution in [0.5, 0.6) is 0 Å². The lowest BCUT2D eigenvalue weighted by Crippen LogP contribution is -2.25. The Hall–Kier alpha value is -2.35. The van der Waals surface area contributed by atoms with Gasteiger partial charge in [0.05, 0.1) is 6.61 Å². The fourth-order valence-corrected chi connectivity index (χ4v) is 2.06. The molecule has 5 nitrogen and oxygen atoms in total. The zero-order valence-electron chi connectivity index (χ0n) is 12.9. The van der Waals surface area contributed by atoms with Gasteiger partial charge in [0.25, 0.3) is 5.91 Å². The molecule has 1 amide bonds. The van der Waals surface area contributed by atoms with Crippen LogP contribution >= 0.6 is 0 Å². The summed E-state index contributed by atoms with van der Waals surface area (Å²) in [4.78, 5) is 12.0. The number of aromatic nitrogens is 2. The molecule has 0 bridgehead atoms. The highest BCUT2D eigenvalue weighted by Gasteiger charge is 2.27. The SMILES string of the molecule is O=C(NCCCn1cccn1)c1cccc(COCC(F)(F)F)c1. The molecule has 0 aliphatic heterocycles. The van der Waals surface area contributed by atoms with E-state index < -0.39 is 12.8 Å². The molecule has 0 unspecified atom stereocenters. The highest BCUT2D eigenvalue weighted by atomic mass is 19.4. The summed E-state index contributed by atoms with van der Waals surface area (Å²) in [6.45, 7) is -0.330. The summed E-state index contributed by atoms with van der Waals surface area (Å²) in [6, 6.07) is 8.19. The normalized spacial score (nSPS) is 11.5. The second-order valence-electron chi connectivity index (χ2n) is 5.19. The van der Waals surface area contributed by atoms with Crippen LogP contribution in [0.2, 0.25) is 0 Å². The molecular weight excluding hydrogens is 323 g/mol. The Morgan fingerprint density at radius 2 is 2.12 bits per heavy atom. The van der Waals surface area contributed by atoms with Crippen molar-refractivity contribution in [2.24, 2.45) is 0 Å². The van der Waals surface area contributed by atoms with Crippen LogP contribution in [0.4, 0.5) is 13.2 Å². The Bertz CT molecular complexity index is 642. The molecule has 1 aromatic carbocycles. The van der Waals surface area contributed by atoms with Gasteiger partial charge in [-0.15, -0.1) is 0 Å². The van der Waals surface area contributed by atoms with Crippen LogP contribution in [0, 0.1) is 0 Å². The third-order valence-electron chi connectivity index (χ3n) is 3.13. The number of rotatable bonds is 8. The first-order valence-electron chi connectivity index (χ1n) is 7.43. The fraction of sp³-hybridized carbons (Fsp3) is 0.375. The molecule has 0 spiro atoms. The van der Waals surface area contributed by atoms with Gasteiger partial charge in [0.1, 0.15) is 6.61 Å². The Kier molecular flexibility index (Phi) is 6.36. The smallest absolute Gasteiger partial charge is 0.367 e. The molecule has 130 valence electrons. The molecule has 0 saturated heterocycles. The highest BCUT2D eigenvalue weighted by molar-refractivity contribution is 5.94. The summed E-state index contributed by atoms with van der Waals surface area (Å²) >= 11 is 0. The Morgan fingerprint density at radius 1 is 1.29 bits per heavy atom. The summed E-state index contributed by atoms with van der Waals surface area (Å²) in [6.07, 6.45) is -0.109. The van der Waals surface area contributed by atoms with Crippen molar-refractivity contribution in [3.8, 4) is 0 Å².